The summed E-state index contributed by atoms with van der Waals surface area (Å²) in [6, 6.07) is 6.59. The molecular formula is C20H30N2O2. The Morgan fingerprint density at radius 3 is 2.42 bits per heavy atom. The van der Waals surface area contributed by atoms with Crippen LogP contribution in [0.15, 0.2) is 18.2 Å². The summed E-state index contributed by atoms with van der Waals surface area (Å²) in [5.74, 6) is 1.03. The van der Waals surface area contributed by atoms with Gasteiger partial charge in [0.05, 0.1) is 0 Å². The monoisotopic (exact) mass is 330 g/mol. The molecule has 4 nitrogen and oxygen atoms in total. The van der Waals surface area contributed by atoms with Crippen LogP contribution in [0.4, 0.5) is 5.69 Å². The average Bonchev–Trinajstić information content (AvgIpc) is 2.62. The minimum atomic E-state index is 0.176. The predicted molar refractivity (Wildman–Crippen MR) is 97.6 cm³/mol. The maximum absolute atomic E-state index is 12.7. The van der Waals surface area contributed by atoms with E-state index < -0.39 is 0 Å². The van der Waals surface area contributed by atoms with Crippen LogP contribution in [0.3, 0.4) is 0 Å². The molecule has 2 aliphatic heterocycles. The van der Waals surface area contributed by atoms with E-state index in [0.717, 1.165) is 52.2 Å². The van der Waals surface area contributed by atoms with Gasteiger partial charge in [-0.25, -0.2) is 0 Å². The van der Waals surface area contributed by atoms with Gasteiger partial charge in [0, 0.05) is 51.0 Å². The van der Waals surface area contributed by atoms with Crippen molar-refractivity contribution in [3.05, 3.63) is 29.3 Å². The Morgan fingerprint density at radius 1 is 1.12 bits per heavy atom. The zero-order valence-electron chi connectivity index (χ0n) is 15.3. The first kappa shape index (κ1) is 17.3. The molecule has 0 bridgehead atoms. The van der Waals surface area contributed by atoms with Crippen LogP contribution in [0.2, 0.25) is 0 Å². The lowest BCUT2D eigenvalue weighted by atomic mass is 9.96. The molecule has 0 saturated carbocycles. The number of hydrogen-bond acceptors (Lipinski definition) is 3. The fraction of sp³-hybridized carbons (Fsp3) is 0.650. The van der Waals surface area contributed by atoms with Crippen LogP contribution < -0.4 is 4.90 Å². The zero-order valence-corrected chi connectivity index (χ0v) is 15.3. The molecule has 0 atom stereocenters. The molecule has 0 radical (unpaired) electrons. The molecule has 4 heteroatoms. The molecule has 0 aromatic heterocycles. The fourth-order valence-electron chi connectivity index (χ4n) is 3.93. The second-order valence-corrected chi connectivity index (χ2v) is 7.37. The number of carbonyl (C=O) groups excluding carboxylic acids is 1. The number of carbonyl (C=O) groups is 1. The summed E-state index contributed by atoms with van der Waals surface area (Å²) < 4.78 is 5.38. The van der Waals surface area contributed by atoms with Crippen molar-refractivity contribution in [2.24, 2.45) is 5.92 Å². The van der Waals surface area contributed by atoms with E-state index in [9.17, 15) is 4.79 Å². The summed E-state index contributed by atoms with van der Waals surface area (Å²) in [4.78, 5) is 17.2. The minimum Gasteiger partial charge on any atom is -0.381 e. The highest BCUT2D eigenvalue weighted by Gasteiger charge is 2.29. The van der Waals surface area contributed by atoms with Crippen molar-refractivity contribution in [3.8, 4) is 0 Å². The third kappa shape index (κ3) is 3.59. The summed E-state index contributed by atoms with van der Waals surface area (Å²) in [7, 11) is 0. The van der Waals surface area contributed by atoms with E-state index in [1.54, 1.807) is 0 Å². The molecule has 2 fully saturated rings. The molecule has 0 N–H and O–H groups in total. The van der Waals surface area contributed by atoms with Gasteiger partial charge < -0.3 is 14.5 Å². The van der Waals surface area contributed by atoms with Gasteiger partial charge in [-0.15, -0.1) is 0 Å². The molecule has 1 aromatic carbocycles. The topological polar surface area (TPSA) is 32.8 Å². The first-order valence-corrected chi connectivity index (χ1v) is 9.29. The highest BCUT2D eigenvalue weighted by Crippen LogP contribution is 2.31. The van der Waals surface area contributed by atoms with Crippen molar-refractivity contribution < 1.29 is 9.53 Å². The van der Waals surface area contributed by atoms with Crippen LogP contribution in [0.5, 0.6) is 0 Å². The van der Waals surface area contributed by atoms with Gasteiger partial charge in [0.1, 0.15) is 0 Å². The number of rotatable bonds is 3. The first-order chi connectivity index (χ1) is 11.6. The Bertz CT molecular complexity index is 571. The highest BCUT2D eigenvalue weighted by atomic mass is 16.5. The summed E-state index contributed by atoms with van der Waals surface area (Å²) in [5.41, 5.74) is 4.13. The van der Waals surface area contributed by atoms with Gasteiger partial charge in [0.2, 0.25) is 5.91 Å². The van der Waals surface area contributed by atoms with Crippen LogP contribution in [-0.4, -0.2) is 50.2 Å². The van der Waals surface area contributed by atoms with Gasteiger partial charge in [-0.2, -0.15) is 0 Å². The van der Waals surface area contributed by atoms with Crippen molar-refractivity contribution in [3.63, 3.8) is 0 Å². The lowest BCUT2D eigenvalue weighted by molar-refractivity contribution is -0.138. The summed E-state index contributed by atoms with van der Waals surface area (Å²) in [5, 5.41) is 0. The average molecular weight is 330 g/mol. The number of anilines is 1. The van der Waals surface area contributed by atoms with Gasteiger partial charge >= 0.3 is 0 Å². The Kier molecular flexibility index (Phi) is 5.44. The highest BCUT2D eigenvalue weighted by molar-refractivity contribution is 5.79. The van der Waals surface area contributed by atoms with E-state index >= 15 is 0 Å². The van der Waals surface area contributed by atoms with Gasteiger partial charge in [-0.3, -0.25) is 4.79 Å². The molecule has 0 unspecified atom stereocenters. The Balaban J connectivity index is 1.66. The third-order valence-electron chi connectivity index (χ3n) is 5.37. The standard InChI is InChI=1S/C20H30N2O2/c1-15(2)18-6-4-5-16(3)19(18)21-9-11-22(12-10-21)20(23)17-7-13-24-14-8-17/h4-6,15,17H,7-14H2,1-3H3. The van der Waals surface area contributed by atoms with E-state index in [-0.39, 0.29) is 5.92 Å². The maximum Gasteiger partial charge on any atom is 0.225 e. The SMILES string of the molecule is Cc1cccc(C(C)C)c1N1CCN(C(=O)C2CCOCC2)CC1. The van der Waals surface area contributed by atoms with Crippen LogP contribution in [0.25, 0.3) is 0 Å². The van der Waals surface area contributed by atoms with Crippen molar-refractivity contribution in [2.75, 3.05) is 44.3 Å². The number of para-hydroxylation sites is 1. The zero-order chi connectivity index (χ0) is 17.1. The molecular weight excluding hydrogens is 300 g/mol. The Labute approximate surface area is 145 Å². The largest absolute Gasteiger partial charge is 0.381 e. The van der Waals surface area contributed by atoms with Gasteiger partial charge in [0.25, 0.3) is 0 Å². The second-order valence-electron chi connectivity index (χ2n) is 7.37. The van der Waals surface area contributed by atoms with E-state index in [1.807, 2.05) is 0 Å². The number of amides is 1. The molecule has 0 spiro atoms. The Morgan fingerprint density at radius 2 is 1.79 bits per heavy atom. The Hall–Kier alpha value is -1.55. The number of aryl methyl sites for hydroxylation is 1. The van der Waals surface area contributed by atoms with Crippen LogP contribution >= 0.6 is 0 Å². The maximum atomic E-state index is 12.7. The van der Waals surface area contributed by atoms with E-state index in [4.69, 9.17) is 4.74 Å². The van der Waals surface area contributed by atoms with E-state index in [2.05, 4.69) is 48.8 Å². The number of hydrogen-bond donors (Lipinski definition) is 0. The van der Waals surface area contributed by atoms with Crippen molar-refractivity contribution in [1.29, 1.82) is 0 Å². The predicted octanol–water partition coefficient (Wildman–Crippen LogP) is 3.19. The van der Waals surface area contributed by atoms with E-state index in [1.165, 1.54) is 16.8 Å². The third-order valence-corrected chi connectivity index (χ3v) is 5.37. The van der Waals surface area contributed by atoms with Crippen LogP contribution in [0, 0.1) is 12.8 Å². The molecule has 1 amide bonds. The van der Waals surface area contributed by atoms with Crippen molar-refractivity contribution >= 4 is 11.6 Å². The molecule has 2 aliphatic rings. The lowest BCUT2D eigenvalue weighted by Crippen LogP contribution is -2.51. The number of piperazine rings is 1. The second kappa shape index (κ2) is 7.56. The van der Waals surface area contributed by atoms with Gasteiger partial charge in [-0.1, -0.05) is 32.0 Å². The molecule has 132 valence electrons. The molecule has 2 heterocycles. The summed E-state index contributed by atoms with van der Waals surface area (Å²) >= 11 is 0. The fourth-order valence-corrected chi connectivity index (χ4v) is 3.93. The smallest absolute Gasteiger partial charge is 0.225 e. The van der Waals surface area contributed by atoms with Crippen molar-refractivity contribution in [1.82, 2.24) is 4.90 Å². The quantitative estimate of drug-likeness (QED) is 0.853. The number of benzene rings is 1. The van der Waals surface area contributed by atoms with Gasteiger partial charge in [0.15, 0.2) is 0 Å². The molecule has 24 heavy (non-hydrogen) atoms. The summed E-state index contributed by atoms with van der Waals surface area (Å²) in [6.07, 6.45) is 1.77. The number of ether oxygens (including phenoxy) is 1. The molecule has 2 saturated heterocycles. The molecule has 3 rings (SSSR count). The summed E-state index contributed by atoms with van der Waals surface area (Å²) in [6.45, 7) is 11.7. The molecule has 1 aromatic rings. The van der Waals surface area contributed by atoms with Crippen molar-refractivity contribution in [2.45, 2.75) is 39.5 Å². The minimum absolute atomic E-state index is 0.176. The first-order valence-electron chi connectivity index (χ1n) is 9.29. The van der Waals surface area contributed by atoms with E-state index in [0.29, 0.717) is 11.8 Å². The van der Waals surface area contributed by atoms with Crippen LogP contribution in [0.1, 0.15) is 43.7 Å². The molecule has 0 aliphatic carbocycles. The number of nitrogens with zero attached hydrogens (tertiary/aromatic N) is 2. The lowest BCUT2D eigenvalue weighted by Gasteiger charge is -2.39. The van der Waals surface area contributed by atoms with Gasteiger partial charge in [-0.05, 0) is 36.8 Å². The van der Waals surface area contributed by atoms with Crippen LogP contribution in [-0.2, 0) is 9.53 Å². The normalized spacial score (nSPS) is 19.8.